The number of hydrogen-bond donors (Lipinski definition) is 1. The minimum absolute atomic E-state index is 0.00619. The second-order valence-corrected chi connectivity index (χ2v) is 7.43. The smallest absolute Gasteiger partial charge is 0.227 e. The zero-order valence-electron chi connectivity index (χ0n) is 14.5. The SMILES string of the molecule is CCC(C)(C)CC(=O)Nc1nc2ccc(C)nc2n1C1CCC1. The van der Waals surface area contributed by atoms with Gasteiger partial charge in [0.15, 0.2) is 5.65 Å². The summed E-state index contributed by atoms with van der Waals surface area (Å²) in [6, 6.07) is 4.36. The largest absolute Gasteiger partial charge is 0.296 e. The Morgan fingerprint density at radius 1 is 1.35 bits per heavy atom. The zero-order valence-corrected chi connectivity index (χ0v) is 14.5. The fraction of sp³-hybridized carbons (Fsp3) is 0.611. The summed E-state index contributed by atoms with van der Waals surface area (Å²) >= 11 is 0. The molecule has 0 unspecified atom stereocenters. The van der Waals surface area contributed by atoms with Crippen LogP contribution in [0.5, 0.6) is 0 Å². The molecule has 1 amide bonds. The maximum absolute atomic E-state index is 12.4. The summed E-state index contributed by atoms with van der Waals surface area (Å²) in [4.78, 5) is 21.7. The Kier molecular flexibility index (Phi) is 4.13. The van der Waals surface area contributed by atoms with E-state index in [1.54, 1.807) is 0 Å². The van der Waals surface area contributed by atoms with Crippen molar-refractivity contribution < 1.29 is 4.79 Å². The molecule has 0 bridgehead atoms. The number of fused-ring (bicyclic) bond motifs is 1. The van der Waals surface area contributed by atoms with E-state index >= 15 is 0 Å². The van der Waals surface area contributed by atoms with Crippen LogP contribution in [0, 0.1) is 12.3 Å². The Balaban J connectivity index is 1.92. The fourth-order valence-electron chi connectivity index (χ4n) is 2.88. The first-order chi connectivity index (χ1) is 10.9. The third-order valence-corrected chi connectivity index (χ3v) is 4.96. The first kappa shape index (κ1) is 16.0. The second kappa shape index (κ2) is 5.95. The van der Waals surface area contributed by atoms with E-state index in [0.717, 1.165) is 36.1 Å². The number of aromatic nitrogens is 3. The first-order valence-electron chi connectivity index (χ1n) is 8.55. The lowest BCUT2D eigenvalue weighted by atomic mass is 9.86. The van der Waals surface area contributed by atoms with E-state index in [-0.39, 0.29) is 11.3 Å². The molecule has 5 nitrogen and oxygen atoms in total. The van der Waals surface area contributed by atoms with E-state index in [1.165, 1.54) is 6.42 Å². The number of imidazole rings is 1. The van der Waals surface area contributed by atoms with Gasteiger partial charge in [-0.05, 0) is 43.7 Å². The number of hydrogen-bond acceptors (Lipinski definition) is 3. The number of nitrogens with one attached hydrogen (secondary N) is 1. The van der Waals surface area contributed by atoms with Crippen molar-refractivity contribution in [2.45, 2.75) is 65.8 Å². The summed E-state index contributed by atoms with van der Waals surface area (Å²) in [6.45, 7) is 8.34. The highest BCUT2D eigenvalue weighted by molar-refractivity contribution is 5.91. The van der Waals surface area contributed by atoms with Crippen molar-refractivity contribution in [1.29, 1.82) is 0 Å². The van der Waals surface area contributed by atoms with Crippen molar-refractivity contribution in [3.8, 4) is 0 Å². The van der Waals surface area contributed by atoms with E-state index < -0.39 is 0 Å². The second-order valence-electron chi connectivity index (χ2n) is 7.43. The Morgan fingerprint density at radius 3 is 2.70 bits per heavy atom. The lowest BCUT2D eigenvalue weighted by Gasteiger charge is -2.29. The van der Waals surface area contributed by atoms with Gasteiger partial charge in [-0.15, -0.1) is 0 Å². The van der Waals surface area contributed by atoms with Crippen LogP contribution in [-0.4, -0.2) is 20.4 Å². The Hall–Kier alpha value is -1.91. The molecule has 0 spiro atoms. The summed E-state index contributed by atoms with van der Waals surface area (Å²) in [5.41, 5.74) is 2.72. The Morgan fingerprint density at radius 2 is 2.09 bits per heavy atom. The van der Waals surface area contributed by atoms with Gasteiger partial charge in [-0.1, -0.05) is 27.2 Å². The molecule has 1 aliphatic carbocycles. The van der Waals surface area contributed by atoms with Gasteiger partial charge in [-0.25, -0.2) is 9.97 Å². The van der Waals surface area contributed by atoms with Crippen LogP contribution in [-0.2, 0) is 4.79 Å². The van der Waals surface area contributed by atoms with E-state index in [0.29, 0.717) is 18.4 Å². The molecule has 0 radical (unpaired) electrons. The molecule has 0 atom stereocenters. The summed E-state index contributed by atoms with van der Waals surface area (Å²) in [6.07, 6.45) is 4.96. The van der Waals surface area contributed by atoms with Gasteiger partial charge >= 0.3 is 0 Å². The molecule has 3 rings (SSSR count). The molecule has 1 fully saturated rings. The summed E-state index contributed by atoms with van der Waals surface area (Å²) in [5, 5.41) is 3.03. The highest BCUT2D eigenvalue weighted by atomic mass is 16.1. The molecule has 0 saturated heterocycles. The van der Waals surface area contributed by atoms with Crippen LogP contribution >= 0.6 is 0 Å². The normalized spacial score (nSPS) is 15.7. The van der Waals surface area contributed by atoms with Crippen LogP contribution in [0.25, 0.3) is 11.2 Å². The van der Waals surface area contributed by atoms with Crippen molar-refractivity contribution in [3.63, 3.8) is 0 Å². The van der Waals surface area contributed by atoms with Gasteiger partial charge in [-0.2, -0.15) is 0 Å². The van der Waals surface area contributed by atoms with Gasteiger partial charge in [0.25, 0.3) is 0 Å². The molecule has 23 heavy (non-hydrogen) atoms. The number of anilines is 1. The van der Waals surface area contributed by atoms with Crippen LogP contribution in [0.4, 0.5) is 5.95 Å². The molecule has 124 valence electrons. The molecule has 1 saturated carbocycles. The molecule has 2 heterocycles. The number of rotatable bonds is 5. The number of carbonyl (C=O) groups excluding carboxylic acids is 1. The highest BCUT2D eigenvalue weighted by Crippen LogP contribution is 2.37. The van der Waals surface area contributed by atoms with Crippen molar-refractivity contribution >= 4 is 23.0 Å². The molecule has 0 aromatic carbocycles. The number of nitrogens with zero attached hydrogens (tertiary/aromatic N) is 3. The quantitative estimate of drug-likeness (QED) is 0.898. The Labute approximate surface area is 137 Å². The number of pyridine rings is 1. The van der Waals surface area contributed by atoms with Crippen LogP contribution in [0.2, 0.25) is 0 Å². The molecule has 1 N–H and O–H groups in total. The number of carbonyl (C=O) groups is 1. The molecular formula is C18H26N4O. The topological polar surface area (TPSA) is 59.8 Å². The van der Waals surface area contributed by atoms with Gasteiger partial charge in [-0.3, -0.25) is 14.7 Å². The van der Waals surface area contributed by atoms with Crippen LogP contribution in [0.15, 0.2) is 12.1 Å². The number of aryl methyl sites for hydroxylation is 1. The van der Waals surface area contributed by atoms with Gasteiger partial charge in [0.1, 0.15) is 5.52 Å². The van der Waals surface area contributed by atoms with Crippen molar-refractivity contribution in [2.75, 3.05) is 5.32 Å². The van der Waals surface area contributed by atoms with Crippen LogP contribution in [0.3, 0.4) is 0 Å². The highest BCUT2D eigenvalue weighted by Gasteiger charge is 2.27. The third-order valence-electron chi connectivity index (χ3n) is 4.96. The van der Waals surface area contributed by atoms with Gasteiger partial charge in [0.05, 0.1) is 0 Å². The van der Waals surface area contributed by atoms with Gasteiger partial charge in [0, 0.05) is 18.2 Å². The van der Waals surface area contributed by atoms with Crippen molar-refractivity contribution in [1.82, 2.24) is 14.5 Å². The average molecular weight is 314 g/mol. The lowest BCUT2D eigenvalue weighted by Crippen LogP contribution is -2.25. The predicted molar refractivity (Wildman–Crippen MR) is 92.5 cm³/mol. The first-order valence-corrected chi connectivity index (χ1v) is 8.55. The minimum atomic E-state index is 0.00619. The molecule has 1 aliphatic rings. The van der Waals surface area contributed by atoms with Gasteiger partial charge < -0.3 is 0 Å². The average Bonchev–Trinajstić information content (AvgIpc) is 2.74. The lowest BCUT2D eigenvalue weighted by molar-refractivity contribution is -0.118. The van der Waals surface area contributed by atoms with Crippen LogP contribution in [0.1, 0.15) is 64.6 Å². The van der Waals surface area contributed by atoms with Crippen molar-refractivity contribution in [2.24, 2.45) is 5.41 Å². The standard InChI is InChI=1S/C18H26N4O/c1-5-18(3,4)11-15(23)21-17-20-14-10-9-12(2)19-16(14)22(17)13-7-6-8-13/h9-10,13H,5-8,11H2,1-4H3,(H,20,21,23). The van der Waals surface area contributed by atoms with Crippen LogP contribution < -0.4 is 5.32 Å². The minimum Gasteiger partial charge on any atom is -0.296 e. The summed E-state index contributed by atoms with van der Waals surface area (Å²) in [7, 11) is 0. The van der Waals surface area contributed by atoms with E-state index in [9.17, 15) is 4.79 Å². The molecule has 5 heteroatoms. The van der Waals surface area contributed by atoms with E-state index in [1.807, 2.05) is 19.1 Å². The third kappa shape index (κ3) is 3.23. The maximum Gasteiger partial charge on any atom is 0.227 e. The summed E-state index contributed by atoms with van der Waals surface area (Å²) in [5.74, 6) is 0.684. The molecular weight excluding hydrogens is 288 g/mol. The molecule has 0 aliphatic heterocycles. The van der Waals surface area contributed by atoms with E-state index in [2.05, 4.69) is 40.6 Å². The predicted octanol–water partition coefficient (Wildman–Crippen LogP) is 4.23. The molecule has 2 aromatic heterocycles. The molecule has 2 aromatic rings. The maximum atomic E-state index is 12.4. The van der Waals surface area contributed by atoms with E-state index in [4.69, 9.17) is 0 Å². The van der Waals surface area contributed by atoms with Crippen molar-refractivity contribution in [3.05, 3.63) is 17.8 Å². The fourth-order valence-corrected chi connectivity index (χ4v) is 2.88. The van der Waals surface area contributed by atoms with Gasteiger partial charge in [0.2, 0.25) is 11.9 Å². The summed E-state index contributed by atoms with van der Waals surface area (Å²) < 4.78 is 2.13. The number of amides is 1. The monoisotopic (exact) mass is 314 g/mol. The zero-order chi connectivity index (χ0) is 16.6. The Bertz CT molecular complexity index is 728.